The average molecular weight is 478 g/mol. The number of imide groups is 1. The second-order valence-electron chi connectivity index (χ2n) is 7.93. The number of anilines is 1. The fourth-order valence-electron chi connectivity index (χ4n) is 3.91. The summed E-state index contributed by atoms with van der Waals surface area (Å²) in [6.45, 7) is 3.34. The van der Waals surface area contributed by atoms with E-state index in [0.29, 0.717) is 52.4 Å². The maximum absolute atomic E-state index is 13.0. The highest BCUT2D eigenvalue weighted by Gasteiger charge is 2.43. The molecule has 11 heteroatoms. The number of hydrogen-bond acceptors (Lipinski definition) is 9. The van der Waals surface area contributed by atoms with Gasteiger partial charge in [0.2, 0.25) is 5.91 Å². The lowest BCUT2D eigenvalue weighted by atomic mass is 10.1. The van der Waals surface area contributed by atoms with E-state index in [0.717, 1.165) is 10.6 Å². The first-order valence-corrected chi connectivity index (χ1v) is 11.3. The number of rotatable bonds is 15. The van der Waals surface area contributed by atoms with E-state index >= 15 is 0 Å². The number of aliphatic hydroxyl groups is 1. The van der Waals surface area contributed by atoms with Crippen molar-refractivity contribution in [2.24, 2.45) is 0 Å². The number of ether oxygens (including phenoxy) is 3. The number of aldehydes is 1. The van der Waals surface area contributed by atoms with Gasteiger partial charge < -0.3 is 34.3 Å². The maximum atomic E-state index is 13.0. The minimum atomic E-state index is -1.03. The first-order chi connectivity index (χ1) is 16.5. The molecule has 0 spiro atoms. The zero-order chi connectivity index (χ0) is 24.5. The van der Waals surface area contributed by atoms with E-state index in [4.69, 9.17) is 19.3 Å². The van der Waals surface area contributed by atoms with Crippen molar-refractivity contribution in [3.05, 3.63) is 29.3 Å². The highest BCUT2D eigenvalue weighted by Crippen LogP contribution is 2.31. The molecule has 0 aromatic heterocycles. The zero-order valence-electron chi connectivity index (χ0n) is 19.2. The minimum absolute atomic E-state index is 0.00777. The van der Waals surface area contributed by atoms with Crippen molar-refractivity contribution >= 4 is 29.7 Å². The summed E-state index contributed by atoms with van der Waals surface area (Å²) in [5.41, 5.74) is 1.30. The summed E-state index contributed by atoms with van der Waals surface area (Å²) < 4.78 is 16.3. The molecule has 0 bridgehead atoms. The van der Waals surface area contributed by atoms with Gasteiger partial charge in [-0.05, 0) is 24.6 Å². The smallest absolute Gasteiger partial charge is 0.262 e. The Hall–Kier alpha value is -2.86. The van der Waals surface area contributed by atoms with Gasteiger partial charge in [0.05, 0.1) is 56.9 Å². The topological polar surface area (TPSA) is 135 Å². The summed E-state index contributed by atoms with van der Waals surface area (Å²) in [5.74, 6) is -1.55. The molecule has 1 fully saturated rings. The van der Waals surface area contributed by atoms with E-state index < -0.39 is 23.8 Å². The molecule has 3 amide bonds. The normalized spacial score (nSPS) is 16.4. The van der Waals surface area contributed by atoms with Gasteiger partial charge in [-0.1, -0.05) is 0 Å². The summed E-state index contributed by atoms with van der Waals surface area (Å²) in [4.78, 5) is 52.0. The molecule has 1 aromatic carbocycles. The van der Waals surface area contributed by atoms with Crippen LogP contribution in [0.3, 0.4) is 0 Å². The fraction of sp³-hybridized carbons (Fsp3) is 0.565. The van der Waals surface area contributed by atoms with Crippen molar-refractivity contribution in [2.75, 3.05) is 64.7 Å². The van der Waals surface area contributed by atoms with Crippen LogP contribution >= 0.6 is 0 Å². The molecule has 2 heterocycles. The highest BCUT2D eigenvalue weighted by atomic mass is 16.5. The van der Waals surface area contributed by atoms with Crippen LogP contribution in [0.4, 0.5) is 5.69 Å². The Labute approximate surface area is 197 Å². The maximum Gasteiger partial charge on any atom is 0.262 e. The SMILES string of the molecule is CNC(=O)C(CCC=O)N1C(=O)c2ccc(N3CC(OCCOCCOCCO)C3)cc2C1=O. The van der Waals surface area contributed by atoms with Crippen molar-refractivity contribution in [3.63, 3.8) is 0 Å². The van der Waals surface area contributed by atoms with E-state index in [-0.39, 0.29) is 36.7 Å². The first kappa shape index (κ1) is 25.8. The van der Waals surface area contributed by atoms with E-state index in [1.165, 1.54) is 7.05 Å². The van der Waals surface area contributed by atoms with Crippen LogP contribution in [0.5, 0.6) is 0 Å². The number of nitrogens with one attached hydrogen (secondary N) is 1. The number of carbonyl (C=O) groups is 4. The van der Waals surface area contributed by atoms with Gasteiger partial charge in [0.15, 0.2) is 0 Å². The Balaban J connectivity index is 1.51. The van der Waals surface area contributed by atoms with Gasteiger partial charge in [0.1, 0.15) is 12.3 Å². The lowest BCUT2D eigenvalue weighted by Gasteiger charge is -2.40. The van der Waals surface area contributed by atoms with E-state index in [9.17, 15) is 19.2 Å². The minimum Gasteiger partial charge on any atom is -0.394 e. The predicted molar refractivity (Wildman–Crippen MR) is 121 cm³/mol. The highest BCUT2D eigenvalue weighted by molar-refractivity contribution is 6.23. The number of likely N-dealkylation sites (N-methyl/N-ethyl adjacent to an activating group) is 1. The van der Waals surface area contributed by atoms with Gasteiger partial charge in [-0.3, -0.25) is 19.3 Å². The van der Waals surface area contributed by atoms with Gasteiger partial charge in [-0.25, -0.2) is 0 Å². The molecule has 1 saturated heterocycles. The molecule has 1 unspecified atom stereocenters. The molecule has 0 aliphatic carbocycles. The second-order valence-corrected chi connectivity index (χ2v) is 7.93. The number of aliphatic hydroxyl groups excluding tert-OH is 1. The molecule has 186 valence electrons. The van der Waals surface area contributed by atoms with Crippen LogP contribution in [0.15, 0.2) is 18.2 Å². The number of fused-ring (bicyclic) bond motifs is 1. The third-order valence-electron chi connectivity index (χ3n) is 5.72. The summed E-state index contributed by atoms with van der Waals surface area (Å²) >= 11 is 0. The summed E-state index contributed by atoms with van der Waals surface area (Å²) in [7, 11) is 1.43. The van der Waals surface area contributed by atoms with Gasteiger partial charge in [0, 0.05) is 32.2 Å². The van der Waals surface area contributed by atoms with Crippen LogP contribution < -0.4 is 10.2 Å². The number of carbonyl (C=O) groups excluding carboxylic acids is 4. The van der Waals surface area contributed by atoms with Gasteiger partial charge in [-0.15, -0.1) is 0 Å². The van der Waals surface area contributed by atoms with Gasteiger partial charge in [0.25, 0.3) is 11.8 Å². The lowest BCUT2D eigenvalue weighted by molar-refractivity contribution is -0.124. The Morgan fingerprint density at radius 3 is 2.47 bits per heavy atom. The van der Waals surface area contributed by atoms with E-state index in [1.54, 1.807) is 18.2 Å². The standard InChI is InChI=1S/C23H31N3O8/c1-24-21(29)20(3-2-6-27)26-22(30)18-5-4-16(13-19(18)23(26)31)25-14-17(15-25)34-12-11-33-10-9-32-8-7-28/h4-6,13,17,20,28H,2-3,7-12,14-15H2,1H3,(H,24,29). The Morgan fingerprint density at radius 2 is 1.79 bits per heavy atom. The van der Waals surface area contributed by atoms with Crippen LogP contribution in [-0.2, 0) is 23.8 Å². The number of amides is 3. The molecule has 11 nitrogen and oxygen atoms in total. The lowest BCUT2D eigenvalue weighted by Crippen LogP contribution is -2.52. The van der Waals surface area contributed by atoms with Crippen molar-refractivity contribution in [1.82, 2.24) is 10.2 Å². The zero-order valence-corrected chi connectivity index (χ0v) is 19.2. The Bertz CT molecular complexity index is 887. The van der Waals surface area contributed by atoms with Crippen molar-refractivity contribution in [3.8, 4) is 0 Å². The first-order valence-electron chi connectivity index (χ1n) is 11.3. The van der Waals surface area contributed by atoms with Gasteiger partial charge >= 0.3 is 0 Å². The number of nitrogens with zero attached hydrogens (tertiary/aromatic N) is 2. The number of hydrogen-bond donors (Lipinski definition) is 2. The monoisotopic (exact) mass is 477 g/mol. The Morgan fingerprint density at radius 1 is 1.12 bits per heavy atom. The molecule has 34 heavy (non-hydrogen) atoms. The molecule has 1 atom stereocenters. The quantitative estimate of drug-likeness (QED) is 0.197. The third kappa shape index (κ3) is 5.98. The van der Waals surface area contributed by atoms with Crippen molar-refractivity contribution in [1.29, 1.82) is 0 Å². The second kappa shape index (κ2) is 12.6. The van der Waals surface area contributed by atoms with E-state index in [2.05, 4.69) is 5.32 Å². The fourth-order valence-corrected chi connectivity index (χ4v) is 3.91. The number of benzene rings is 1. The summed E-state index contributed by atoms with van der Waals surface area (Å²) in [6, 6.07) is 4.02. The van der Waals surface area contributed by atoms with Crippen molar-refractivity contribution in [2.45, 2.75) is 25.0 Å². The third-order valence-corrected chi connectivity index (χ3v) is 5.72. The molecule has 0 saturated carbocycles. The van der Waals surface area contributed by atoms with E-state index in [1.807, 2.05) is 4.90 Å². The average Bonchev–Trinajstić information content (AvgIpc) is 3.06. The van der Waals surface area contributed by atoms with Crippen LogP contribution in [0.25, 0.3) is 0 Å². The largest absolute Gasteiger partial charge is 0.394 e. The summed E-state index contributed by atoms with van der Waals surface area (Å²) in [5, 5.41) is 11.1. The predicted octanol–water partition coefficient (Wildman–Crippen LogP) is -0.393. The van der Waals surface area contributed by atoms with Crippen molar-refractivity contribution < 1.29 is 38.5 Å². The van der Waals surface area contributed by atoms with Crippen LogP contribution in [-0.4, -0.2) is 106 Å². The molecular weight excluding hydrogens is 446 g/mol. The molecule has 0 radical (unpaired) electrons. The molecule has 1 aromatic rings. The van der Waals surface area contributed by atoms with Crippen LogP contribution in [0.1, 0.15) is 33.6 Å². The molecule has 2 aliphatic heterocycles. The molecule has 2 N–H and O–H groups in total. The molecule has 2 aliphatic rings. The summed E-state index contributed by atoms with van der Waals surface area (Å²) in [6.07, 6.45) is 0.840. The Kier molecular flexibility index (Phi) is 9.52. The van der Waals surface area contributed by atoms with Gasteiger partial charge in [-0.2, -0.15) is 0 Å². The molecular formula is C23H31N3O8. The van der Waals surface area contributed by atoms with Crippen LogP contribution in [0, 0.1) is 0 Å². The van der Waals surface area contributed by atoms with Crippen LogP contribution in [0.2, 0.25) is 0 Å². The molecule has 3 rings (SSSR count).